The molecule has 1 fully saturated rings. The van der Waals surface area contributed by atoms with Gasteiger partial charge in [-0.3, -0.25) is 24.1 Å². The monoisotopic (exact) mass is 375 g/mol. The largest absolute Gasteiger partial charge is 0.452 e. The SMILES string of the molecule is CCNC(=O)[C@H](C)NC(=O)COC(=O)c1ccc(N2C(=O)CCC2=O)cc1. The second kappa shape index (κ2) is 8.93. The maximum atomic E-state index is 12.0. The molecule has 1 aliphatic rings. The molecule has 1 heterocycles. The minimum Gasteiger partial charge on any atom is -0.452 e. The number of ether oxygens (including phenoxy) is 1. The lowest BCUT2D eigenvalue weighted by atomic mass is 10.2. The first kappa shape index (κ1) is 20.1. The van der Waals surface area contributed by atoms with E-state index in [1.165, 1.54) is 31.2 Å². The van der Waals surface area contributed by atoms with E-state index in [1.807, 2.05) is 0 Å². The predicted molar refractivity (Wildman–Crippen MR) is 94.7 cm³/mol. The van der Waals surface area contributed by atoms with Gasteiger partial charge >= 0.3 is 5.97 Å². The molecule has 1 aliphatic heterocycles. The summed E-state index contributed by atoms with van der Waals surface area (Å²) < 4.78 is 4.91. The Hall–Kier alpha value is -3.23. The van der Waals surface area contributed by atoms with Crippen LogP contribution in [0.4, 0.5) is 5.69 Å². The summed E-state index contributed by atoms with van der Waals surface area (Å²) in [7, 11) is 0. The fourth-order valence-corrected chi connectivity index (χ4v) is 2.50. The number of carbonyl (C=O) groups is 5. The molecule has 27 heavy (non-hydrogen) atoms. The van der Waals surface area contributed by atoms with E-state index in [0.29, 0.717) is 12.2 Å². The van der Waals surface area contributed by atoms with Crippen LogP contribution < -0.4 is 15.5 Å². The third kappa shape index (κ3) is 5.13. The van der Waals surface area contributed by atoms with Crippen LogP contribution in [0.2, 0.25) is 0 Å². The van der Waals surface area contributed by atoms with Gasteiger partial charge < -0.3 is 15.4 Å². The lowest BCUT2D eigenvalue weighted by molar-refractivity contribution is -0.130. The van der Waals surface area contributed by atoms with Crippen molar-refractivity contribution in [3.63, 3.8) is 0 Å². The van der Waals surface area contributed by atoms with E-state index in [9.17, 15) is 24.0 Å². The molecule has 4 amide bonds. The topological polar surface area (TPSA) is 122 Å². The van der Waals surface area contributed by atoms with E-state index in [0.717, 1.165) is 4.90 Å². The highest BCUT2D eigenvalue weighted by Gasteiger charge is 2.30. The molecule has 1 saturated heterocycles. The summed E-state index contributed by atoms with van der Waals surface area (Å²) >= 11 is 0. The third-order valence-corrected chi connectivity index (χ3v) is 3.87. The zero-order valence-corrected chi connectivity index (χ0v) is 15.1. The maximum absolute atomic E-state index is 12.0. The fourth-order valence-electron chi connectivity index (χ4n) is 2.50. The highest BCUT2D eigenvalue weighted by atomic mass is 16.5. The molecule has 144 valence electrons. The van der Waals surface area contributed by atoms with Crippen LogP contribution in [-0.2, 0) is 23.9 Å². The Labute approximate surface area is 156 Å². The van der Waals surface area contributed by atoms with Gasteiger partial charge in [0.15, 0.2) is 6.61 Å². The molecule has 1 aromatic carbocycles. The van der Waals surface area contributed by atoms with Crippen molar-refractivity contribution in [3.05, 3.63) is 29.8 Å². The average molecular weight is 375 g/mol. The minimum absolute atomic E-state index is 0.169. The molecular formula is C18H21N3O6. The van der Waals surface area contributed by atoms with Gasteiger partial charge in [-0.15, -0.1) is 0 Å². The molecule has 0 unspecified atom stereocenters. The number of esters is 1. The number of imide groups is 1. The molecule has 1 aromatic rings. The summed E-state index contributed by atoms with van der Waals surface area (Å²) in [6.45, 7) is 3.19. The van der Waals surface area contributed by atoms with Gasteiger partial charge in [0.2, 0.25) is 17.7 Å². The van der Waals surface area contributed by atoms with Gasteiger partial charge in [0.05, 0.1) is 11.3 Å². The average Bonchev–Trinajstić information content (AvgIpc) is 2.98. The summed E-state index contributed by atoms with van der Waals surface area (Å²) in [6.07, 6.45) is 0.346. The number of hydrogen-bond donors (Lipinski definition) is 2. The Bertz CT molecular complexity index is 743. The Morgan fingerprint density at radius 2 is 1.70 bits per heavy atom. The van der Waals surface area contributed by atoms with Crippen molar-refractivity contribution in [1.82, 2.24) is 10.6 Å². The fraction of sp³-hybridized carbons (Fsp3) is 0.389. The third-order valence-electron chi connectivity index (χ3n) is 3.87. The zero-order valence-electron chi connectivity index (χ0n) is 15.1. The standard InChI is InChI=1S/C18H21N3O6/c1-3-19-17(25)11(2)20-14(22)10-27-18(26)12-4-6-13(7-5-12)21-15(23)8-9-16(21)24/h4-7,11H,3,8-10H2,1-2H3,(H,19,25)(H,20,22)/t11-/m0/s1. The number of amides is 4. The van der Waals surface area contributed by atoms with E-state index in [1.54, 1.807) is 6.92 Å². The number of hydrogen-bond acceptors (Lipinski definition) is 6. The summed E-state index contributed by atoms with van der Waals surface area (Å²) in [4.78, 5) is 59.8. The first-order valence-corrected chi connectivity index (χ1v) is 8.53. The number of benzene rings is 1. The molecule has 9 heteroatoms. The second-order valence-corrected chi connectivity index (χ2v) is 5.93. The van der Waals surface area contributed by atoms with Crippen molar-refractivity contribution >= 4 is 35.3 Å². The molecule has 0 saturated carbocycles. The van der Waals surface area contributed by atoms with Gasteiger partial charge in [-0.1, -0.05) is 0 Å². The molecule has 0 spiro atoms. The first-order chi connectivity index (χ1) is 12.8. The van der Waals surface area contributed by atoms with Crippen molar-refractivity contribution in [3.8, 4) is 0 Å². The zero-order chi connectivity index (χ0) is 20.0. The van der Waals surface area contributed by atoms with Gasteiger partial charge in [-0.25, -0.2) is 4.79 Å². The van der Waals surface area contributed by atoms with Crippen molar-refractivity contribution in [2.75, 3.05) is 18.1 Å². The second-order valence-electron chi connectivity index (χ2n) is 5.93. The Balaban J connectivity index is 1.87. The van der Waals surface area contributed by atoms with Crippen LogP contribution in [0.3, 0.4) is 0 Å². The van der Waals surface area contributed by atoms with E-state index in [-0.39, 0.29) is 36.1 Å². The summed E-state index contributed by atoms with van der Waals surface area (Å²) in [6, 6.07) is 5.01. The van der Waals surface area contributed by atoms with Crippen LogP contribution in [0, 0.1) is 0 Å². The van der Waals surface area contributed by atoms with Gasteiger partial charge in [-0.05, 0) is 38.1 Å². The van der Waals surface area contributed by atoms with Crippen molar-refractivity contribution in [2.24, 2.45) is 0 Å². The lowest BCUT2D eigenvalue weighted by Crippen LogP contribution is -2.46. The van der Waals surface area contributed by atoms with Crippen molar-refractivity contribution in [1.29, 1.82) is 0 Å². The van der Waals surface area contributed by atoms with Gasteiger partial charge in [-0.2, -0.15) is 0 Å². The van der Waals surface area contributed by atoms with Crippen LogP contribution in [0.1, 0.15) is 37.0 Å². The number of anilines is 1. The highest BCUT2D eigenvalue weighted by Crippen LogP contribution is 2.22. The smallest absolute Gasteiger partial charge is 0.338 e. The van der Waals surface area contributed by atoms with Crippen LogP contribution in [-0.4, -0.2) is 48.8 Å². The molecule has 9 nitrogen and oxygen atoms in total. The molecule has 2 rings (SSSR count). The Morgan fingerprint density at radius 1 is 1.11 bits per heavy atom. The van der Waals surface area contributed by atoms with E-state index < -0.39 is 24.5 Å². The van der Waals surface area contributed by atoms with Gasteiger partial charge in [0, 0.05) is 19.4 Å². The summed E-state index contributed by atoms with van der Waals surface area (Å²) in [5, 5.41) is 4.98. The van der Waals surface area contributed by atoms with Crippen LogP contribution in [0.25, 0.3) is 0 Å². The van der Waals surface area contributed by atoms with Crippen LogP contribution in [0.15, 0.2) is 24.3 Å². The summed E-state index contributed by atoms with van der Waals surface area (Å²) in [5.74, 6) is -2.24. The van der Waals surface area contributed by atoms with E-state index >= 15 is 0 Å². The van der Waals surface area contributed by atoms with Crippen LogP contribution >= 0.6 is 0 Å². The normalized spacial score (nSPS) is 14.7. The lowest BCUT2D eigenvalue weighted by Gasteiger charge is -2.14. The quantitative estimate of drug-likeness (QED) is 0.516. The minimum atomic E-state index is -0.744. The van der Waals surface area contributed by atoms with E-state index in [2.05, 4.69) is 10.6 Å². The molecule has 0 bridgehead atoms. The molecule has 0 radical (unpaired) electrons. The Morgan fingerprint density at radius 3 is 2.26 bits per heavy atom. The van der Waals surface area contributed by atoms with Crippen molar-refractivity contribution < 1.29 is 28.7 Å². The van der Waals surface area contributed by atoms with Crippen LogP contribution in [0.5, 0.6) is 0 Å². The predicted octanol–water partition coefficient (Wildman–Crippen LogP) is 0.138. The number of rotatable bonds is 7. The molecule has 1 atom stereocenters. The molecule has 0 aliphatic carbocycles. The number of carbonyl (C=O) groups excluding carboxylic acids is 5. The summed E-state index contributed by atoms with van der Waals surface area (Å²) in [5.41, 5.74) is 0.551. The number of nitrogens with zero attached hydrogens (tertiary/aromatic N) is 1. The number of likely N-dealkylation sites (N-methyl/N-ethyl adjacent to an activating group) is 1. The van der Waals surface area contributed by atoms with Gasteiger partial charge in [0.25, 0.3) is 5.91 Å². The van der Waals surface area contributed by atoms with Crippen molar-refractivity contribution in [2.45, 2.75) is 32.7 Å². The Kier molecular flexibility index (Phi) is 6.64. The molecule has 0 aromatic heterocycles. The maximum Gasteiger partial charge on any atom is 0.338 e. The number of nitrogens with one attached hydrogen (secondary N) is 2. The first-order valence-electron chi connectivity index (χ1n) is 8.53. The highest BCUT2D eigenvalue weighted by molar-refractivity contribution is 6.19. The van der Waals surface area contributed by atoms with Gasteiger partial charge in [0.1, 0.15) is 6.04 Å². The molecule has 2 N–H and O–H groups in total. The molecular weight excluding hydrogens is 354 g/mol. The van der Waals surface area contributed by atoms with E-state index in [4.69, 9.17) is 4.74 Å².